The van der Waals surface area contributed by atoms with Crippen molar-refractivity contribution < 1.29 is 9.18 Å². The van der Waals surface area contributed by atoms with Crippen LogP contribution in [0.4, 0.5) is 15.2 Å². The maximum absolute atomic E-state index is 13.7. The summed E-state index contributed by atoms with van der Waals surface area (Å²) in [5, 5.41) is 5.03. The molecule has 7 heteroatoms. The molecule has 0 saturated heterocycles. The first-order valence-corrected chi connectivity index (χ1v) is 7.87. The summed E-state index contributed by atoms with van der Waals surface area (Å²) in [5.41, 5.74) is 7.60. The largest absolute Gasteiger partial charge is 0.375 e. The van der Waals surface area contributed by atoms with E-state index in [-0.39, 0.29) is 10.6 Å². The Balaban J connectivity index is 1.79. The Morgan fingerprint density at radius 1 is 1.22 bits per heavy atom. The molecule has 1 aromatic heterocycles. The van der Waals surface area contributed by atoms with E-state index in [0.29, 0.717) is 10.8 Å². The highest BCUT2D eigenvalue weighted by molar-refractivity contribution is 7.13. The van der Waals surface area contributed by atoms with Crippen LogP contribution >= 0.6 is 22.9 Å². The second-order valence-electron chi connectivity index (χ2n) is 4.70. The van der Waals surface area contributed by atoms with Gasteiger partial charge in [0.2, 0.25) is 0 Å². The van der Waals surface area contributed by atoms with Crippen molar-refractivity contribution >= 4 is 39.7 Å². The molecule has 0 aliphatic carbocycles. The van der Waals surface area contributed by atoms with E-state index >= 15 is 0 Å². The molecule has 0 atom stereocenters. The molecule has 0 bridgehead atoms. The number of nitrogens with one attached hydrogen (secondary N) is 1. The van der Waals surface area contributed by atoms with E-state index in [1.165, 1.54) is 29.5 Å². The molecule has 0 spiro atoms. The third kappa shape index (κ3) is 3.33. The van der Waals surface area contributed by atoms with Crippen LogP contribution in [0.2, 0.25) is 5.02 Å². The lowest BCUT2D eigenvalue weighted by molar-refractivity contribution is 0.102. The first kappa shape index (κ1) is 15.5. The topological polar surface area (TPSA) is 68.0 Å². The molecule has 3 rings (SSSR count). The predicted octanol–water partition coefficient (Wildman–Crippen LogP) is 4.44. The first-order valence-electron chi connectivity index (χ1n) is 6.61. The Kier molecular flexibility index (Phi) is 4.27. The molecule has 1 heterocycles. The summed E-state index contributed by atoms with van der Waals surface area (Å²) in [7, 11) is 0. The normalized spacial score (nSPS) is 10.5. The number of hydrogen-bond donors (Lipinski definition) is 2. The van der Waals surface area contributed by atoms with Gasteiger partial charge in [-0.15, -0.1) is 11.3 Å². The number of hydrogen-bond acceptors (Lipinski definition) is 4. The number of aromatic nitrogens is 1. The molecule has 2 aromatic carbocycles. The van der Waals surface area contributed by atoms with Crippen molar-refractivity contribution in [2.24, 2.45) is 0 Å². The highest BCUT2D eigenvalue weighted by Gasteiger charge is 2.15. The zero-order chi connectivity index (χ0) is 16.4. The molecule has 116 valence electrons. The summed E-state index contributed by atoms with van der Waals surface area (Å²) in [6.45, 7) is 0. The summed E-state index contributed by atoms with van der Waals surface area (Å²) in [6, 6.07) is 11.1. The average Bonchev–Trinajstić information content (AvgIpc) is 2.94. The van der Waals surface area contributed by atoms with Gasteiger partial charge < -0.3 is 11.1 Å². The summed E-state index contributed by atoms with van der Waals surface area (Å²) in [5.74, 6) is -1.26. The lowest BCUT2D eigenvalue weighted by Crippen LogP contribution is -2.14. The number of nitrogen functional groups attached to an aromatic ring is 1. The van der Waals surface area contributed by atoms with Crippen LogP contribution in [0.25, 0.3) is 11.3 Å². The lowest BCUT2D eigenvalue weighted by Gasteiger charge is -2.08. The van der Waals surface area contributed by atoms with Crippen molar-refractivity contribution in [3.63, 3.8) is 0 Å². The van der Waals surface area contributed by atoms with E-state index in [2.05, 4.69) is 10.3 Å². The molecule has 0 aliphatic rings. The molecule has 0 fully saturated rings. The van der Waals surface area contributed by atoms with Crippen LogP contribution in [0.1, 0.15) is 10.4 Å². The third-order valence-corrected chi connectivity index (χ3v) is 4.14. The van der Waals surface area contributed by atoms with Gasteiger partial charge in [-0.05, 0) is 24.3 Å². The fraction of sp³-hybridized carbons (Fsp3) is 0. The minimum atomic E-state index is -0.662. The number of rotatable bonds is 3. The van der Waals surface area contributed by atoms with E-state index in [4.69, 9.17) is 17.3 Å². The zero-order valence-electron chi connectivity index (χ0n) is 11.7. The van der Waals surface area contributed by atoms with E-state index < -0.39 is 11.7 Å². The average molecular weight is 348 g/mol. The molecule has 4 nitrogen and oxygen atoms in total. The molecular weight excluding hydrogens is 337 g/mol. The van der Waals surface area contributed by atoms with Crippen molar-refractivity contribution in [1.29, 1.82) is 0 Å². The predicted molar refractivity (Wildman–Crippen MR) is 91.3 cm³/mol. The summed E-state index contributed by atoms with van der Waals surface area (Å²) < 4.78 is 13.7. The van der Waals surface area contributed by atoms with Gasteiger partial charge in [-0.25, -0.2) is 9.37 Å². The molecule has 0 aliphatic heterocycles. The molecule has 3 N–H and O–H groups in total. The standard InChI is InChI=1S/C16H11ClFN3OS/c17-11-2-1-3-12(18)14(11)15(22)20-10-6-4-9(5-7-10)13-8-23-16(19)21-13/h1-8H,(H2,19,21)(H,20,22). The molecule has 0 unspecified atom stereocenters. The number of carbonyl (C=O) groups is 1. The van der Waals surface area contributed by atoms with Crippen LogP contribution in [0.3, 0.4) is 0 Å². The van der Waals surface area contributed by atoms with Gasteiger partial charge >= 0.3 is 0 Å². The Labute approximate surface area is 140 Å². The van der Waals surface area contributed by atoms with Crippen molar-refractivity contribution in [3.8, 4) is 11.3 Å². The van der Waals surface area contributed by atoms with Crippen LogP contribution in [0.5, 0.6) is 0 Å². The lowest BCUT2D eigenvalue weighted by atomic mass is 10.1. The minimum absolute atomic E-state index is 0.0667. The van der Waals surface area contributed by atoms with Gasteiger partial charge in [-0.3, -0.25) is 4.79 Å². The summed E-state index contributed by atoms with van der Waals surface area (Å²) >= 11 is 7.23. The molecule has 23 heavy (non-hydrogen) atoms. The van der Waals surface area contributed by atoms with Crippen molar-refractivity contribution in [3.05, 3.63) is 64.2 Å². The molecule has 0 radical (unpaired) electrons. The van der Waals surface area contributed by atoms with Gasteiger partial charge in [0.25, 0.3) is 5.91 Å². The van der Waals surface area contributed by atoms with Gasteiger partial charge in [0.1, 0.15) is 5.82 Å². The van der Waals surface area contributed by atoms with Gasteiger partial charge in [0, 0.05) is 16.6 Å². The van der Waals surface area contributed by atoms with Crippen LogP contribution in [-0.2, 0) is 0 Å². The number of nitrogens with zero attached hydrogens (tertiary/aromatic N) is 1. The van der Waals surface area contributed by atoms with E-state index in [0.717, 1.165) is 11.3 Å². The summed E-state index contributed by atoms with van der Waals surface area (Å²) in [4.78, 5) is 16.3. The van der Waals surface area contributed by atoms with Crippen LogP contribution in [0.15, 0.2) is 47.8 Å². The summed E-state index contributed by atoms with van der Waals surface area (Å²) in [6.07, 6.45) is 0. The molecule has 0 saturated carbocycles. The number of halogens is 2. The molecule has 3 aromatic rings. The van der Waals surface area contributed by atoms with E-state index in [9.17, 15) is 9.18 Å². The number of benzene rings is 2. The smallest absolute Gasteiger partial charge is 0.260 e. The van der Waals surface area contributed by atoms with Gasteiger partial charge in [0.15, 0.2) is 5.13 Å². The van der Waals surface area contributed by atoms with Crippen molar-refractivity contribution in [2.75, 3.05) is 11.1 Å². The third-order valence-electron chi connectivity index (χ3n) is 3.15. The highest BCUT2D eigenvalue weighted by Crippen LogP contribution is 2.25. The fourth-order valence-corrected chi connectivity index (χ4v) is 2.87. The van der Waals surface area contributed by atoms with Crippen LogP contribution in [0, 0.1) is 5.82 Å². The molecular formula is C16H11ClFN3OS. The van der Waals surface area contributed by atoms with Crippen LogP contribution in [-0.4, -0.2) is 10.9 Å². The SMILES string of the molecule is Nc1nc(-c2ccc(NC(=O)c3c(F)cccc3Cl)cc2)cs1. The maximum atomic E-state index is 13.7. The van der Waals surface area contributed by atoms with Crippen LogP contribution < -0.4 is 11.1 Å². The zero-order valence-corrected chi connectivity index (χ0v) is 13.3. The fourth-order valence-electron chi connectivity index (χ4n) is 2.05. The Morgan fingerprint density at radius 3 is 2.57 bits per heavy atom. The van der Waals surface area contributed by atoms with Crippen molar-refractivity contribution in [2.45, 2.75) is 0 Å². The Hall–Kier alpha value is -2.44. The number of nitrogens with two attached hydrogens (primary N) is 1. The second-order valence-corrected chi connectivity index (χ2v) is 6.00. The number of anilines is 2. The highest BCUT2D eigenvalue weighted by atomic mass is 35.5. The molecule has 1 amide bonds. The van der Waals surface area contributed by atoms with Crippen molar-refractivity contribution in [1.82, 2.24) is 4.98 Å². The Bertz CT molecular complexity index is 844. The van der Waals surface area contributed by atoms with Gasteiger partial charge in [0.05, 0.1) is 16.3 Å². The first-order chi connectivity index (χ1) is 11.0. The van der Waals surface area contributed by atoms with Gasteiger partial charge in [-0.2, -0.15) is 0 Å². The Morgan fingerprint density at radius 2 is 1.96 bits per heavy atom. The number of carbonyl (C=O) groups excluding carboxylic acids is 1. The monoisotopic (exact) mass is 347 g/mol. The number of thiazole rings is 1. The minimum Gasteiger partial charge on any atom is -0.375 e. The maximum Gasteiger partial charge on any atom is 0.260 e. The van der Waals surface area contributed by atoms with Gasteiger partial charge in [-0.1, -0.05) is 29.8 Å². The number of amides is 1. The second kappa shape index (κ2) is 6.36. The van der Waals surface area contributed by atoms with E-state index in [1.54, 1.807) is 24.3 Å². The quantitative estimate of drug-likeness (QED) is 0.736. The van der Waals surface area contributed by atoms with E-state index in [1.807, 2.05) is 5.38 Å².